The normalized spacial score (nSPS) is 22.6. The van der Waals surface area contributed by atoms with E-state index in [4.69, 9.17) is 11.6 Å². The van der Waals surface area contributed by atoms with Gasteiger partial charge in [-0.05, 0) is 19.3 Å². The number of aliphatic hydroxyl groups excluding tert-OH is 1. The minimum Gasteiger partial charge on any atom is -0.393 e. The van der Waals surface area contributed by atoms with Crippen molar-refractivity contribution in [3.8, 4) is 0 Å². The first-order valence-corrected chi connectivity index (χ1v) is 7.77. The van der Waals surface area contributed by atoms with Crippen molar-refractivity contribution in [2.24, 2.45) is 5.92 Å². The topological polar surface area (TPSA) is 70.1 Å². The lowest BCUT2D eigenvalue weighted by atomic mass is 9.86. The van der Waals surface area contributed by atoms with E-state index in [2.05, 4.69) is 27.5 Å². The fourth-order valence-electron chi connectivity index (χ4n) is 2.47. The third-order valence-electron chi connectivity index (χ3n) is 3.68. The number of rotatable bonds is 6. The molecule has 0 amide bonds. The van der Waals surface area contributed by atoms with E-state index in [-0.39, 0.29) is 12.0 Å². The molecule has 2 rings (SSSR count). The van der Waals surface area contributed by atoms with Crippen LogP contribution in [0.5, 0.6) is 0 Å². The van der Waals surface area contributed by atoms with Crippen molar-refractivity contribution in [3.63, 3.8) is 0 Å². The molecule has 0 aromatic carbocycles. The Hall–Kier alpha value is -1.07. The molecule has 1 aromatic heterocycles. The van der Waals surface area contributed by atoms with Crippen LogP contribution in [0.15, 0.2) is 6.20 Å². The maximum absolute atomic E-state index is 9.97. The third kappa shape index (κ3) is 4.21. The Morgan fingerprint density at radius 1 is 1.35 bits per heavy atom. The van der Waals surface area contributed by atoms with Crippen molar-refractivity contribution in [1.82, 2.24) is 9.97 Å². The zero-order chi connectivity index (χ0) is 14.4. The van der Waals surface area contributed by atoms with Gasteiger partial charge in [-0.25, -0.2) is 4.98 Å². The molecular formula is C14H23ClN4O. The molecule has 0 radical (unpaired) electrons. The first kappa shape index (κ1) is 15.3. The second kappa shape index (κ2) is 7.64. The maximum Gasteiger partial charge on any atom is 0.224 e. The Morgan fingerprint density at radius 2 is 2.15 bits per heavy atom. The second-order valence-corrected chi connectivity index (χ2v) is 5.72. The molecule has 112 valence electrons. The molecule has 1 aliphatic rings. The fraction of sp³-hybridized carbons (Fsp3) is 0.714. The van der Waals surface area contributed by atoms with Crippen molar-refractivity contribution < 1.29 is 5.11 Å². The summed E-state index contributed by atoms with van der Waals surface area (Å²) in [4.78, 5) is 8.51. The number of hydrogen-bond donors (Lipinski definition) is 3. The van der Waals surface area contributed by atoms with Crippen LogP contribution in [0.2, 0.25) is 5.02 Å². The standard InChI is InChI=1S/C14H23ClN4O/c1-2-7-16-14-18-9-11(15)13(19-14)17-8-10-5-3-4-6-12(10)20/h9-10,12,20H,2-8H2,1H3,(H2,16,17,18,19). The van der Waals surface area contributed by atoms with Gasteiger partial charge in [0.05, 0.1) is 12.3 Å². The Balaban J connectivity index is 1.93. The Bertz CT molecular complexity index is 430. The van der Waals surface area contributed by atoms with Gasteiger partial charge >= 0.3 is 0 Å². The summed E-state index contributed by atoms with van der Waals surface area (Å²) in [5.74, 6) is 1.50. The van der Waals surface area contributed by atoms with Gasteiger partial charge in [-0.15, -0.1) is 0 Å². The lowest BCUT2D eigenvalue weighted by molar-refractivity contribution is 0.0763. The number of nitrogens with zero attached hydrogens (tertiary/aromatic N) is 2. The first-order chi connectivity index (χ1) is 9.70. The fourth-order valence-corrected chi connectivity index (χ4v) is 2.62. The third-order valence-corrected chi connectivity index (χ3v) is 3.95. The van der Waals surface area contributed by atoms with Gasteiger partial charge in [0.25, 0.3) is 0 Å². The van der Waals surface area contributed by atoms with Gasteiger partial charge in [-0.3, -0.25) is 0 Å². The van der Waals surface area contributed by atoms with E-state index in [0.29, 0.717) is 23.3 Å². The van der Waals surface area contributed by atoms with Gasteiger partial charge in [0.15, 0.2) is 0 Å². The van der Waals surface area contributed by atoms with Crippen LogP contribution in [-0.4, -0.2) is 34.3 Å². The lowest BCUT2D eigenvalue weighted by Crippen LogP contribution is -2.30. The summed E-state index contributed by atoms with van der Waals surface area (Å²) >= 11 is 6.11. The molecule has 1 saturated carbocycles. The van der Waals surface area contributed by atoms with Crippen LogP contribution >= 0.6 is 11.6 Å². The van der Waals surface area contributed by atoms with Crippen molar-refractivity contribution in [2.45, 2.75) is 45.1 Å². The van der Waals surface area contributed by atoms with E-state index in [1.807, 2.05) is 0 Å². The molecular weight excluding hydrogens is 276 g/mol. The Morgan fingerprint density at radius 3 is 2.90 bits per heavy atom. The Labute approximate surface area is 125 Å². The molecule has 1 fully saturated rings. The number of anilines is 2. The van der Waals surface area contributed by atoms with E-state index in [1.165, 1.54) is 6.42 Å². The molecule has 0 aliphatic heterocycles. The van der Waals surface area contributed by atoms with Crippen LogP contribution < -0.4 is 10.6 Å². The van der Waals surface area contributed by atoms with Crippen molar-refractivity contribution in [3.05, 3.63) is 11.2 Å². The van der Waals surface area contributed by atoms with Crippen LogP contribution in [0.25, 0.3) is 0 Å². The van der Waals surface area contributed by atoms with E-state index in [1.54, 1.807) is 6.20 Å². The van der Waals surface area contributed by atoms with Crippen LogP contribution in [0.3, 0.4) is 0 Å². The molecule has 5 nitrogen and oxygen atoms in total. The SMILES string of the molecule is CCCNc1ncc(Cl)c(NCC2CCCCC2O)n1. The summed E-state index contributed by atoms with van der Waals surface area (Å²) in [5.41, 5.74) is 0. The van der Waals surface area contributed by atoms with E-state index >= 15 is 0 Å². The molecule has 0 spiro atoms. The van der Waals surface area contributed by atoms with E-state index in [0.717, 1.165) is 32.2 Å². The van der Waals surface area contributed by atoms with E-state index < -0.39 is 0 Å². The zero-order valence-electron chi connectivity index (χ0n) is 11.9. The number of aromatic nitrogens is 2. The summed E-state index contributed by atoms with van der Waals surface area (Å²) in [6.07, 6.45) is 6.66. The van der Waals surface area contributed by atoms with Gasteiger partial charge in [-0.1, -0.05) is 31.4 Å². The minimum atomic E-state index is -0.213. The average molecular weight is 299 g/mol. The molecule has 1 heterocycles. The van der Waals surface area contributed by atoms with Gasteiger partial charge in [0.2, 0.25) is 5.95 Å². The number of nitrogens with one attached hydrogen (secondary N) is 2. The van der Waals surface area contributed by atoms with Crippen LogP contribution in [0.4, 0.5) is 11.8 Å². The smallest absolute Gasteiger partial charge is 0.224 e. The van der Waals surface area contributed by atoms with Gasteiger partial charge in [-0.2, -0.15) is 4.98 Å². The van der Waals surface area contributed by atoms with Crippen LogP contribution in [-0.2, 0) is 0 Å². The highest BCUT2D eigenvalue weighted by molar-refractivity contribution is 6.32. The summed E-state index contributed by atoms with van der Waals surface area (Å²) in [7, 11) is 0. The van der Waals surface area contributed by atoms with Gasteiger partial charge in [0.1, 0.15) is 10.8 Å². The highest BCUT2D eigenvalue weighted by Gasteiger charge is 2.23. The Kier molecular flexibility index (Phi) is 5.86. The second-order valence-electron chi connectivity index (χ2n) is 5.31. The first-order valence-electron chi connectivity index (χ1n) is 7.39. The predicted molar refractivity (Wildman–Crippen MR) is 82.3 cm³/mol. The quantitative estimate of drug-likeness (QED) is 0.753. The lowest BCUT2D eigenvalue weighted by Gasteiger charge is -2.27. The molecule has 2 unspecified atom stereocenters. The highest BCUT2D eigenvalue weighted by atomic mass is 35.5. The number of halogens is 1. The molecule has 1 aromatic rings. The predicted octanol–water partition coefficient (Wildman–Crippen LogP) is 2.91. The zero-order valence-corrected chi connectivity index (χ0v) is 12.7. The molecule has 2 atom stereocenters. The largest absolute Gasteiger partial charge is 0.393 e. The van der Waals surface area contributed by atoms with Crippen LogP contribution in [0, 0.1) is 5.92 Å². The monoisotopic (exact) mass is 298 g/mol. The average Bonchev–Trinajstić information content (AvgIpc) is 2.46. The molecule has 1 aliphatic carbocycles. The van der Waals surface area contributed by atoms with Gasteiger partial charge in [0, 0.05) is 19.0 Å². The highest BCUT2D eigenvalue weighted by Crippen LogP contribution is 2.26. The summed E-state index contributed by atoms with van der Waals surface area (Å²) in [6.45, 7) is 3.63. The molecule has 6 heteroatoms. The molecule has 3 N–H and O–H groups in total. The molecule has 0 saturated heterocycles. The van der Waals surface area contributed by atoms with Gasteiger partial charge < -0.3 is 15.7 Å². The van der Waals surface area contributed by atoms with Crippen molar-refractivity contribution in [2.75, 3.05) is 23.7 Å². The summed E-state index contributed by atoms with van der Waals surface area (Å²) in [6, 6.07) is 0. The van der Waals surface area contributed by atoms with Crippen molar-refractivity contribution in [1.29, 1.82) is 0 Å². The number of hydrogen-bond acceptors (Lipinski definition) is 5. The molecule has 0 bridgehead atoms. The maximum atomic E-state index is 9.97. The molecule has 20 heavy (non-hydrogen) atoms. The number of aliphatic hydroxyl groups is 1. The van der Waals surface area contributed by atoms with E-state index in [9.17, 15) is 5.11 Å². The summed E-state index contributed by atoms with van der Waals surface area (Å²) in [5, 5.41) is 16.9. The van der Waals surface area contributed by atoms with Crippen LogP contribution in [0.1, 0.15) is 39.0 Å². The summed E-state index contributed by atoms with van der Waals surface area (Å²) < 4.78 is 0. The minimum absolute atomic E-state index is 0.213. The van der Waals surface area contributed by atoms with Crippen molar-refractivity contribution >= 4 is 23.4 Å².